The number of carbonyl (C=O) groups is 3. The quantitative estimate of drug-likeness (QED) is 0.172. The van der Waals surface area contributed by atoms with Gasteiger partial charge in [0.2, 0.25) is 0 Å². The van der Waals surface area contributed by atoms with Gasteiger partial charge in [0.05, 0.1) is 41.3 Å². The Morgan fingerprint density at radius 3 is 2.49 bits per heavy atom. The number of rotatable bonds is 13. The summed E-state index contributed by atoms with van der Waals surface area (Å²) < 4.78 is 78.5. The standard InChI is InChI=1S/C32H30F3N3O7S2/c1-4-15-38(24-10-7-9-23(20-24)32(33,34)35)47(42,43)25-11-6-8-22(19-25)29(39)36-14-16-37-30(40)28(46-31(37)41)18-21-12-13-26(45-5-2)27(17-21)44-3/h4,6-13,17-20H,1,5,14-16H2,2-3H3,(H,36,39)/b28-18+. The average molecular weight is 690 g/mol. The van der Waals surface area contributed by atoms with Crippen molar-refractivity contribution < 1.29 is 45.4 Å². The molecule has 15 heteroatoms. The molecule has 0 aromatic heterocycles. The molecule has 1 heterocycles. The number of hydrogen-bond donors (Lipinski definition) is 1. The van der Waals surface area contributed by atoms with Crippen molar-refractivity contribution in [1.82, 2.24) is 10.2 Å². The summed E-state index contributed by atoms with van der Waals surface area (Å²) in [5.41, 5.74) is -0.715. The summed E-state index contributed by atoms with van der Waals surface area (Å²) in [5, 5.41) is 2.03. The Bertz CT molecular complexity index is 1830. The van der Waals surface area contributed by atoms with Gasteiger partial charge in [0.25, 0.3) is 27.1 Å². The van der Waals surface area contributed by atoms with Crippen LogP contribution >= 0.6 is 11.8 Å². The van der Waals surface area contributed by atoms with Gasteiger partial charge >= 0.3 is 6.18 Å². The Morgan fingerprint density at radius 2 is 1.81 bits per heavy atom. The lowest BCUT2D eigenvalue weighted by Gasteiger charge is -2.24. The van der Waals surface area contributed by atoms with Crippen LogP contribution in [0.2, 0.25) is 0 Å². The number of methoxy groups -OCH3 is 1. The van der Waals surface area contributed by atoms with Gasteiger partial charge in [-0.05, 0) is 78.9 Å². The Labute approximate surface area is 273 Å². The summed E-state index contributed by atoms with van der Waals surface area (Å²) in [7, 11) is -2.95. The molecule has 0 aliphatic carbocycles. The largest absolute Gasteiger partial charge is 0.493 e. The second kappa shape index (κ2) is 14.8. The molecule has 0 saturated carbocycles. The van der Waals surface area contributed by atoms with Crippen LogP contribution in [0.15, 0.2) is 89.2 Å². The number of anilines is 1. The third-order valence-corrected chi connectivity index (χ3v) is 9.42. The number of benzene rings is 3. The number of nitrogens with zero attached hydrogens (tertiary/aromatic N) is 2. The number of thioether (sulfide) groups is 1. The average Bonchev–Trinajstić information content (AvgIpc) is 3.31. The highest BCUT2D eigenvalue weighted by Crippen LogP contribution is 2.35. The van der Waals surface area contributed by atoms with Gasteiger partial charge in [0.1, 0.15) is 0 Å². The SMILES string of the molecule is C=CCN(c1cccc(C(F)(F)F)c1)S(=O)(=O)c1cccc(C(=O)NCCN2C(=O)S/C(=C/c3ccc(OCC)c(OC)c3)C2=O)c1. The van der Waals surface area contributed by atoms with Gasteiger partial charge in [0.15, 0.2) is 11.5 Å². The fourth-order valence-electron chi connectivity index (χ4n) is 4.50. The Balaban J connectivity index is 1.44. The number of ether oxygens (including phenoxy) is 2. The van der Waals surface area contributed by atoms with Crippen LogP contribution in [-0.4, -0.2) is 63.7 Å². The van der Waals surface area contributed by atoms with Crippen LogP contribution < -0.4 is 19.1 Å². The van der Waals surface area contributed by atoms with Crippen LogP contribution in [0.25, 0.3) is 6.08 Å². The molecule has 1 fully saturated rings. The zero-order valence-corrected chi connectivity index (χ0v) is 26.9. The predicted molar refractivity (Wildman–Crippen MR) is 172 cm³/mol. The topological polar surface area (TPSA) is 122 Å². The van der Waals surface area contributed by atoms with Gasteiger partial charge in [-0.25, -0.2) is 8.42 Å². The molecule has 4 rings (SSSR count). The van der Waals surface area contributed by atoms with Crippen molar-refractivity contribution in [2.45, 2.75) is 18.0 Å². The molecule has 3 aromatic carbocycles. The molecule has 47 heavy (non-hydrogen) atoms. The van der Waals surface area contributed by atoms with Crippen molar-refractivity contribution in [2.24, 2.45) is 0 Å². The lowest BCUT2D eigenvalue weighted by Crippen LogP contribution is -2.37. The van der Waals surface area contributed by atoms with E-state index >= 15 is 0 Å². The number of halogens is 3. The number of amides is 3. The van der Waals surface area contributed by atoms with Gasteiger partial charge < -0.3 is 14.8 Å². The van der Waals surface area contributed by atoms with Gasteiger partial charge in [-0.3, -0.25) is 23.6 Å². The number of sulfonamides is 1. The summed E-state index contributed by atoms with van der Waals surface area (Å²) in [6.07, 6.45) is -1.92. The third kappa shape index (κ3) is 8.16. The highest BCUT2D eigenvalue weighted by molar-refractivity contribution is 8.18. The van der Waals surface area contributed by atoms with E-state index in [9.17, 15) is 36.0 Å². The van der Waals surface area contributed by atoms with E-state index in [4.69, 9.17) is 9.47 Å². The molecule has 0 radical (unpaired) electrons. The Hall–Kier alpha value is -4.76. The van der Waals surface area contributed by atoms with Gasteiger partial charge in [-0.1, -0.05) is 24.3 Å². The van der Waals surface area contributed by atoms with E-state index in [1.807, 2.05) is 6.92 Å². The lowest BCUT2D eigenvalue weighted by atomic mass is 10.2. The molecule has 0 atom stereocenters. The molecule has 1 aliphatic rings. The zero-order valence-electron chi connectivity index (χ0n) is 25.2. The van der Waals surface area contributed by atoms with Crippen LogP contribution in [0.3, 0.4) is 0 Å². The van der Waals surface area contributed by atoms with Crippen LogP contribution in [0.1, 0.15) is 28.4 Å². The number of alkyl halides is 3. The molecule has 1 N–H and O–H groups in total. The molecule has 0 bridgehead atoms. The lowest BCUT2D eigenvalue weighted by molar-refractivity contribution is -0.137. The summed E-state index contributed by atoms with van der Waals surface area (Å²) in [6.45, 7) is 5.16. The molecule has 1 saturated heterocycles. The predicted octanol–water partition coefficient (Wildman–Crippen LogP) is 5.96. The number of nitrogens with one attached hydrogen (secondary N) is 1. The molecule has 3 aromatic rings. The second-order valence-corrected chi connectivity index (χ2v) is 12.7. The van der Waals surface area contributed by atoms with Gasteiger partial charge in [0, 0.05) is 18.7 Å². The fourth-order valence-corrected chi connectivity index (χ4v) is 6.84. The minimum atomic E-state index is -4.69. The van der Waals surface area contributed by atoms with E-state index in [0.29, 0.717) is 29.7 Å². The van der Waals surface area contributed by atoms with Gasteiger partial charge in [-0.15, -0.1) is 6.58 Å². The van der Waals surface area contributed by atoms with Crippen LogP contribution in [0.4, 0.5) is 23.7 Å². The summed E-state index contributed by atoms with van der Waals surface area (Å²) in [4.78, 5) is 39.3. The summed E-state index contributed by atoms with van der Waals surface area (Å²) >= 11 is 0.744. The molecule has 0 spiro atoms. The van der Waals surface area contributed by atoms with Crippen molar-refractivity contribution in [3.63, 3.8) is 0 Å². The first-order chi connectivity index (χ1) is 22.3. The van der Waals surface area contributed by atoms with Crippen molar-refractivity contribution in [2.75, 3.05) is 37.7 Å². The first kappa shape index (κ1) is 35.1. The molecule has 0 unspecified atom stereocenters. The van der Waals surface area contributed by atoms with Crippen molar-refractivity contribution >= 4 is 50.6 Å². The zero-order chi connectivity index (χ0) is 34.4. The fraction of sp³-hybridized carbons (Fsp3) is 0.219. The maximum absolute atomic E-state index is 13.5. The minimum Gasteiger partial charge on any atom is -0.493 e. The summed E-state index contributed by atoms with van der Waals surface area (Å²) in [5.74, 6) is -0.250. The van der Waals surface area contributed by atoms with Gasteiger partial charge in [-0.2, -0.15) is 13.2 Å². The van der Waals surface area contributed by atoms with E-state index in [1.54, 1.807) is 24.3 Å². The van der Waals surface area contributed by atoms with Crippen molar-refractivity contribution in [3.8, 4) is 11.5 Å². The second-order valence-electron chi connectivity index (χ2n) is 9.83. The minimum absolute atomic E-state index is 0.0628. The summed E-state index contributed by atoms with van der Waals surface area (Å²) in [6, 6.07) is 13.9. The first-order valence-corrected chi connectivity index (χ1v) is 16.3. The normalized spacial score (nSPS) is 14.3. The molecule has 10 nitrogen and oxygen atoms in total. The van der Waals surface area contributed by atoms with Crippen molar-refractivity contribution in [1.29, 1.82) is 0 Å². The van der Waals surface area contributed by atoms with E-state index in [-0.39, 0.29) is 40.7 Å². The highest BCUT2D eigenvalue weighted by Gasteiger charge is 2.35. The van der Waals surface area contributed by atoms with Crippen LogP contribution in [-0.2, 0) is 21.0 Å². The first-order valence-electron chi connectivity index (χ1n) is 14.1. The number of hydrogen-bond acceptors (Lipinski definition) is 8. The molecule has 1 aliphatic heterocycles. The Kier molecular flexibility index (Phi) is 11.0. The monoisotopic (exact) mass is 689 g/mol. The maximum Gasteiger partial charge on any atom is 0.416 e. The number of imide groups is 1. The Morgan fingerprint density at radius 1 is 1.06 bits per heavy atom. The van der Waals surface area contributed by atoms with E-state index in [1.165, 1.54) is 37.5 Å². The number of carbonyl (C=O) groups excluding carboxylic acids is 3. The maximum atomic E-state index is 13.5. The molecular weight excluding hydrogens is 659 g/mol. The molecular formula is C32H30F3N3O7S2. The molecule has 248 valence electrons. The highest BCUT2D eigenvalue weighted by atomic mass is 32.2. The smallest absolute Gasteiger partial charge is 0.416 e. The molecule has 3 amide bonds. The van der Waals surface area contributed by atoms with Crippen LogP contribution in [0, 0.1) is 0 Å². The van der Waals surface area contributed by atoms with Crippen LogP contribution in [0.5, 0.6) is 11.5 Å². The van der Waals surface area contributed by atoms with Crippen molar-refractivity contribution in [3.05, 3.63) is 101 Å². The van der Waals surface area contributed by atoms with E-state index < -0.39 is 38.8 Å². The third-order valence-electron chi connectivity index (χ3n) is 6.72. The van der Waals surface area contributed by atoms with E-state index in [0.717, 1.165) is 39.2 Å². The van der Waals surface area contributed by atoms with E-state index in [2.05, 4.69) is 11.9 Å².